The van der Waals surface area contributed by atoms with Gasteiger partial charge in [0, 0.05) is 28.1 Å². The van der Waals surface area contributed by atoms with Crippen LogP contribution in [-0.2, 0) is 21.1 Å². The second-order valence-corrected chi connectivity index (χ2v) is 3.25. The quantitative estimate of drug-likeness (QED) is 0.535. The minimum Gasteiger partial charge on any atom is -0.303 e. The van der Waals surface area contributed by atoms with Gasteiger partial charge < -0.3 is 4.99 Å². The van der Waals surface area contributed by atoms with E-state index in [0.717, 1.165) is 11.1 Å². The average Bonchev–Trinajstić information content (AvgIpc) is 2.27. The van der Waals surface area contributed by atoms with E-state index in [9.17, 15) is 0 Å². The molecule has 15 heavy (non-hydrogen) atoms. The summed E-state index contributed by atoms with van der Waals surface area (Å²) >= 11 is 0. The van der Waals surface area contributed by atoms with Gasteiger partial charge in [0.15, 0.2) is 0 Å². The predicted molar refractivity (Wildman–Crippen MR) is 60.9 cm³/mol. The van der Waals surface area contributed by atoms with Gasteiger partial charge in [-0.15, -0.1) is 35.0 Å². The maximum Gasteiger partial charge on any atom is 0.0270 e. The van der Waals surface area contributed by atoms with Crippen molar-refractivity contribution in [2.24, 2.45) is 4.99 Å². The van der Waals surface area contributed by atoms with Gasteiger partial charge in [0.1, 0.15) is 0 Å². The second kappa shape index (κ2) is 5.23. The van der Waals surface area contributed by atoms with Crippen LogP contribution in [0.15, 0.2) is 41.4 Å². The fraction of sp³-hybridized carbons (Fsp3) is 0.154. The molecule has 1 nitrogen and oxygen atoms in total. The van der Waals surface area contributed by atoms with Crippen LogP contribution in [0.1, 0.15) is 12.5 Å². The molecule has 0 heterocycles. The normalized spacial score (nSPS) is 11.2. The van der Waals surface area contributed by atoms with Crippen molar-refractivity contribution in [3.8, 4) is 0 Å². The molecule has 0 aliphatic carbocycles. The van der Waals surface area contributed by atoms with Crippen LogP contribution < -0.4 is 0 Å². The SMILES string of the molecule is CN=C(C)c1cccc2ccc[c-]c12.[Pt]. The molecule has 0 spiro atoms. The van der Waals surface area contributed by atoms with Crippen LogP contribution in [0.5, 0.6) is 0 Å². The molecule has 0 N–H and O–H groups in total. The number of aliphatic imine (C=N–C) groups is 1. The zero-order valence-corrected chi connectivity index (χ0v) is 11.0. The first kappa shape index (κ1) is 12.1. The summed E-state index contributed by atoms with van der Waals surface area (Å²) in [6.07, 6.45) is 0. The zero-order chi connectivity index (χ0) is 9.97. The third kappa shape index (κ3) is 2.35. The third-order valence-corrected chi connectivity index (χ3v) is 2.42. The van der Waals surface area contributed by atoms with Gasteiger partial charge in [-0.3, -0.25) is 0 Å². The molecule has 0 bridgehead atoms. The van der Waals surface area contributed by atoms with Crippen molar-refractivity contribution in [3.05, 3.63) is 48.0 Å². The maximum absolute atomic E-state index is 4.21. The van der Waals surface area contributed by atoms with Gasteiger partial charge in [-0.25, -0.2) is 0 Å². The average molecular weight is 377 g/mol. The van der Waals surface area contributed by atoms with Crippen LogP contribution in [0.3, 0.4) is 0 Å². The predicted octanol–water partition coefficient (Wildman–Crippen LogP) is 3.08. The summed E-state index contributed by atoms with van der Waals surface area (Å²) in [5.74, 6) is 0. The van der Waals surface area contributed by atoms with Crippen LogP contribution in [0, 0.1) is 6.07 Å². The van der Waals surface area contributed by atoms with E-state index in [0.29, 0.717) is 0 Å². The molecule has 0 saturated heterocycles. The van der Waals surface area contributed by atoms with E-state index in [4.69, 9.17) is 0 Å². The molecule has 0 radical (unpaired) electrons. The molecule has 0 aliphatic rings. The minimum absolute atomic E-state index is 0. The van der Waals surface area contributed by atoms with E-state index in [2.05, 4.69) is 35.3 Å². The van der Waals surface area contributed by atoms with Crippen LogP contribution in [0.2, 0.25) is 0 Å². The van der Waals surface area contributed by atoms with Crippen LogP contribution in [0.4, 0.5) is 0 Å². The molecule has 2 aromatic carbocycles. The van der Waals surface area contributed by atoms with Gasteiger partial charge in [0.05, 0.1) is 0 Å². The van der Waals surface area contributed by atoms with Crippen LogP contribution in [-0.4, -0.2) is 12.8 Å². The Kier molecular flexibility index (Phi) is 4.23. The standard InChI is InChI=1S/C13H12N.Pt/c1-10(14-2)12-9-5-7-11-6-3-4-8-13(11)12;/h3-7,9H,1-2H3;/q-1;. The molecule has 2 aromatic rings. The monoisotopic (exact) mass is 377 g/mol. The number of hydrogen-bond acceptors (Lipinski definition) is 1. The van der Waals surface area contributed by atoms with Crippen molar-refractivity contribution in [1.82, 2.24) is 0 Å². The largest absolute Gasteiger partial charge is 0.303 e. The molecular formula is C13H12NPt-. The smallest absolute Gasteiger partial charge is 0.0270 e. The van der Waals surface area contributed by atoms with E-state index >= 15 is 0 Å². The molecule has 0 aromatic heterocycles. The van der Waals surface area contributed by atoms with Gasteiger partial charge in [-0.05, 0) is 12.6 Å². The Labute approximate surface area is 104 Å². The summed E-state index contributed by atoms with van der Waals surface area (Å²) < 4.78 is 0. The van der Waals surface area contributed by atoms with Crippen molar-refractivity contribution in [3.63, 3.8) is 0 Å². The van der Waals surface area contributed by atoms with Gasteiger partial charge in [0.2, 0.25) is 0 Å². The Morgan fingerprint density at radius 1 is 1.20 bits per heavy atom. The summed E-state index contributed by atoms with van der Waals surface area (Å²) in [4.78, 5) is 4.21. The van der Waals surface area contributed by atoms with Gasteiger partial charge in [0.25, 0.3) is 0 Å². The van der Waals surface area contributed by atoms with Crippen LogP contribution >= 0.6 is 0 Å². The van der Waals surface area contributed by atoms with Crippen molar-refractivity contribution in [2.75, 3.05) is 7.05 Å². The molecule has 0 fully saturated rings. The van der Waals surface area contributed by atoms with Crippen molar-refractivity contribution >= 4 is 16.5 Å². The molecule has 2 rings (SSSR count). The first-order valence-corrected chi connectivity index (χ1v) is 4.66. The fourth-order valence-electron chi connectivity index (χ4n) is 1.58. The van der Waals surface area contributed by atoms with E-state index < -0.39 is 0 Å². The first-order valence-electron chi connectivity index (χ1n) is 4.66. The Hall–Kier alpha value is -0.942. The number of fused-ring (bicyclic) bond motifs is 1. The second-order valence-electron chi connectivity index (χ2n) is 3.25. The molecule has 0 amide bonds. The molecule has 2 heteroatoms. The minimum atomic E-state index is 0. The van der Waals surface area contributed by atoms with Crippen LogP contribution in [0.25, 0.3) is 10.8 Å². The molecule has 0 aliphatic heterocycles. The Morgan fingerprint density at radius 2 is 1.93 bits per heavy atom. The zero-order valence-electron chi connectivity index (χ0n) is 8.73. The molecule has 0 unspecified atom stereocenters. The van der Waals surface area contributed by atoms with Gasteiger partial charge >= 0.3 is 0 Å². The number of benzene rings is 2. The maximum atomic E-state index is 4.21. The summed E-state index contributed by atoms with van der Waals surface area (Å²) in [6, 6.07) is 15.5. The summed E-state index contributed by atoms with van der Waals surface area (Å²) in [7, 11) is 1.82. The fourth-order valence-corrected chi connectivity index (χ4v) is 1.58. The first-order chi connectivity index (χ1) is 6.83. The van der Waals surface area contributed by atoms with Crippen molar-refractivity contribution in [2.45, 2.75) is 6.92 Å². The van der Waals surface area contributed by atoms with Gasteiger partial charge in [-0.1, -0.05) is 23.8 Å². The van der Waals surface area contributed by atoms with E-state index in [1.54, 1.807) is 0 Å². The number of rotatable bonds is 1. The summed E-state index contributed by atoms with van der Waals surface area (Å²) in [6.45, 7) is 2.02. The van der Waals surface area contributed by atoms with Crippen molar-refractivity contribution in [1.29, 1.82) is 0 Å². The molecule has 0 saturated carbocycles. The van der Waals surface area contributed by atoms with E-state index in [1.807, 2.05) is 26.1 Å². The Balaban J connectivity index is 0.00000112. The molecular weight excluding hydrogens is 365 g/mol. The van der Waals surface area contributed by atoms with Crippen molar-refractivity contribution < 1.29 is 21.1 Å². The molecule has 80 valence electrons. The molecule has 0 atom stereocenters. The number of hydrogen-bond donors (Lipinski definition) is 0. The van der Waals surface area contributed by atoms with Gasteiger partial charge in [-0.2, -0.15) is 0 Å². The Morgan fingerprint density at radius 3 is 2.67 bits per heavy atom. The topological polar surface area (TPSA) is 12.4 Å². The Bertz CT molecular complexity index is 483. The summed E-state index contributed by atoms with van der Waals surface area (Å²) in [5.41, 5.74) is 2.23. The summed E-state index contributed by atoms with van der Waals surface area (Å²) in [5, 5.41) is 2.37. The van der Waals surface area contributed by atoms with E-state index in [1.165, 1.54) is 10.9 Å². The third-order valence-electron chi connectivity index (χ3n) is 2.42. The van der Waals surface area contributed by atoms with E-state index in [-0.39, 0.29) is 21.1 Å². The number of nitrogens with zero attached hydrogens (tertiary/aromatic N) is 1.